The normalized spacial score (nSPS) is 10.4. The fraction of sp³-hybridized carbons (Fsp3) is 0.0667. The number of carbonyl (C=O) groups is 2. The predicted molar refractivity (Wildman–Crippen MR) is 83.1 cm³/mol. The minimum absolute atomic E-state index is 0.113. The smallest absolute Gasteiger partial charge is 0.340 e. The van der Waals surface area contributed by atoms with Crippen LogP contribution in [0.5, 0.6) is 0 Å². The van der Waals surface area contributed by atoms with Crippen molar-refractivity contribution in [3.8, 4) is 11.4 Å². The summed E-state index contributed by atoms with van der Waals surface area (Å²) in [4.78, 5) is 23.9. The molecule has 1 amide bonds. The van der Waals surface area contributed by atoms with E-state index < -0.39 is 23.5 Å². The second-order valence-electron chi connectivity index (χ2n) is 4.92. The number of aromatic nitrogens is 5. The third-order valence-electron chi connectivity index (χ3n) is 3.29. The summed E-state index contributed by atoms with van der Waals surface area (Å²) < 4.78 is 31.3. The molecule has 2 N–H and O–H groups in total. The molecule has 2 aromatic heterocycles. The van der Waals surface area contributed by atoms with E-state index in [1.165, 1.54) is 18.3 Å². The van der Waals surface area contributed by atoms with Gasteiger partial charge < -0.3 is 10.1 Å². The van der Waals surface area contributed by atoms with Crippen LogP contribution in [0.1, 0.15) is 20.8 Å². The van der Waals surface area contributed by atoms with Crippen LogP contribution in [-0.2, 0) is 4.74 Å². The molecule has 0 spiro atoms. The maximum absolute atomic E-state index is 13.5. The van der Waals surface area contributed by atoms with Gasteiger partial charge >= 0.3 is 5.97 Å². The van der Waals surface area contributed by atoms with Crippen molar-refractivity contribution in [2.45, 2.75) is 0 Å². The number of anilines is 1. The average Bonchev–Trinajstić information content (AvgIpc) is 3.18. The number of benzene rings is 1. The summed E-state index contributed by atoms with van der Waals surface area (Å²) in [5.74, 6) is -4.20. The Bertz CT molecular complexity index is 960. The molecule has 0 saturated carbocycles. The zero-order valence-corrected chi connectivity index (χ0v) is 13.2. The van der Waals surface area contributed by atoms with E-state index in [1.54, 1.807) is 0 Å². The molecule has 0 radical (unpaired) electrons. The van der Waals surface area contributed by atoms with Gasteiger partial charge in [0.05, 0.1) is 24.6 Å². The van der Waals surface area contributed by atoms with Crippen LogP contribution in [0.15, 0.2) is 30.5 Å². The van der Waals surface area contributed by atoms with Crippen LogP contribution in [0.25, 0.3) is 11.4 Å². The van der Waals surface area contributed by atoms with Gasteiger partial charge in [0.25, 0.3) is 5.91 Å². The highest BCUT2D eigenvalue weighted by Gasteiger charge is 2.19. The molecule has 0 fully saturated rings. The average molecular weight is 360 g/mol. The summed E-state index contributed by atoms with van der Waals surface area (Å²) in [6.07, 6.45) is 1.42. The van der Waals surface area contributed by atoms with Gasteiger partial charge in [0, 0.05) is 6.07 Å². The van der Waals surface area contributed by atoms with Gasteiger partial charge in [-0.3, -0.25) is 4.79 Å². The van der Waals surface area contributed by atoms with Crippen LogP contribution in [-0.4, -0.2) is 44.6 Å². The highest BCUT2D eigenvalue weighted by Crippen LogP contribution is 2.22. The number of esters is 1. The predicted octanol–water partition coefficient (Wildman–Crippen LogP) is 1.58. The number of nitrogens with zero attached hydrogens (tertiary/aromatic N) is 4. The van der Waals surface area contributed by atoms with E-state index in [0.717, 1.165) is 7.11 Å². The molecule has 3 aromatic rings. The standard InChI is InChI=1S/C15H10F2N6O3/c1-26-15(25)7-4-8(16)9(17)5-12(7)19-14(24)11-3-2-10(20-21-11)13-6-18-23-22-13/h2-6H,1H3,(H,19,24)(H,18,22,23). The van der Waals surface area contributed by atoms with E-state index >= 15 is 0 Å². The molecule has 0 unspecified atom stereocenters. The molecule has 9 nitrogen and oxygen atoms in total. The van der Waals surface area contributed by atoms with Crippen molar-refractivity contribution in [3.63, 3.8) is 0 Å². The fourth-order valence-electron chi connectivity index (χ4n) is 2.03. The van der Waals surface area contributed by atoms with Crippen LogP contribution < -0.4 is 5.32 Å². The number of hydrogen-bond acceptors (Lipinski definition) is 7. The number of halogens is 2. The molecule has 0 atom stereocenters. The van der Waals surface area contributed by atoms with Gasteiger partial charge in [0.2, 0.25) is 0 Å². The fourth-order valence-corrected chi connectivity index (χ4v) is 2.03. The van der Waals surface area contributed by atoms with Crippen molar-refractivity contribution < 1.29 is 23.1 Å². The molecule has 1 aromatic carbocycles. The van der Waals surface area contributed by atoms with Crippen molar-refractivity contribution in [3.05, 3.63) is 53.4 Å². The molecule has 0 aliphatic rings. The van der Waals surface area contributed by atoms with Gasteiger partial charge in [0.1, 0.15) is 11.4 Å². The second-order valence-corrected chi connectivity index (χ2v) is 4.92. The first-order valence-electron chi connectivity index (χ1n) is 7.08. The Morgan fingerprint density at radius 3 is 2.50 bits per heavy atom. The first kappa shape index (κ1) is 17.1. The summed E-state index contributed by atoms with van der Waals surface area (Å²) in [6.45, 7) is 0. The van der Waals surface area contributed by atoms with E-state index in [-0.39, 0.29) is 16.9 Å². The lowest BCUT2D eigenvalue weighted by molar-refractivity contribution is 0.0601. The van der Waals surface area contributed by atoms with Crippen LogP contribution in [0.3, 0.4) is 0 Å². The third kappa shape index (κ3) is 3.36. The van der Waals surface area contributed by atoms with E-state index in [9.17, 15) is 18.4 Å². The Kier molecular flexibility index (Phi) is 4.60. The van der Waals surface area contributed by atoms with Gasteiger partial charge in [-0.15, -0.1) is 10.2 Å². The Hall–Kier alpha value is -3.76. The van der Waals surface area contributed by atoms with Crippen LogP contribution in [0, 0.1) is 11.6 Å². The van der Waals surface area contributed by atoms with Crippen LogP contribution in [0.4, 0.5) is 14.5 Å². The van der Waals surface area contributed by atoms with Crippen LogP contribution in [0.2, 0.25) is 0 Å². The number of methoxy groups -OCH3 is 1. The summed E-state index contributed by atoms with van der Waals surface area (Å²) in [5, 5.41) is 19.7. The summed E-state index contributed by atoms with van der Waals surface area (Å²) in [5.41, 5.74) is 0.0873. The number of carbonyl (C=O) groups excluding carboxylic acids is 2. The third-order valence-corrected chi connectivity index (χ3v) is 3.29. The Labute approximate surface area is 144 Å². The van der Waals surface area contributed by atoms with Crippen molar-refractivity contribution in [1.82, 2.24) is 25.6 Å². The van der Waals surface area contributed by atoms with Gasteiger partial charge in [-0.25, -0.2) is 13.6 Å². The van der Waals surface area contributed by atoms with Gasteiger partial charge in [0.15, 0.2) is 17.3 Å². The lowest BCUT2D eigenvalue weighted by atomic mass is 10.1. The molecule has 2 heterocycles. The number of nitrogens with one attached hydrogen (secondary N) is 2. The number of aromatic amines is 1. The topological polar surface area (TPSA) is 123 Å². The monoisotopic (exact) mass is 360 g/mol. The van der Waals surface area contributed by atoms with Gasteiger partial charge in [-0.2, -0.15) is 15.4 Å². The molecule has 0 saturated heterocycles. The van der Waals surface area contributed by atoms with E-state index in [1.807, 2.05) is 0 Å². The van der Waals surface area contributed by atoms with Crippen LogP contribution >= 0.6 is 0 Å². The number of hydrogen-bond donors (Lipinski definition) is 2. The van der Waals surface area contributed by atoms with Gasteiger partial charge in [-0.1, -0.05) is 0 Å². The highest BCUT2D eigenvalue weighted by atomic mass is 19.2. The molecular weight excluding hydrogens is 350 g/mol. The Balaban J connectivity index is 1.86. The SMILES string of the molecule is COC(=O)c1cc(F)c(F)cc1NC(=O)c1ccc(-c2cn[nH]n2)nn1. The Morgan fingerprint density at radius 2 is 1.88 bits per heavy atom. The van der Waals surface area contributed by atoms with Gasteiger partial charge in [-0.05, 0) is 18.2 Å². The minimum Gasteiger partial charge on any atom is -0.465 e. The highest BCUT2D eigenvalue weighted by molar-refractivity contribution is 6.07. The Morgan fingerprint density at radius 1 is 1.12 bits per heavy atom. The molecule has 0 aliphatic heterocycles. The molecule has 26 heavy (non-hydrogen) atoms. The zero-order valence-electron chi connectivity index (χ0n) is 13.2. The molecule has 0 aliphatic carbocycles. The number of amides is 1. The lowest BCUT2D eigenvalue weighted by Crippen LogP contribution is -2.18. The maximum Gasteiger partial charge on any atom is 0.340 e. The quantitative estimate of drug-likeness (QED) is 0.677. The zero-order chi connectivity index (χ0) is 18.7. The lowest BCUT2D eigenvalue weighted by Gasteiger charge is -2.10. The van der Waals surface area contributed by atoms with Crippen molar-refractivity contribution >= 4 is 17.6 Å². The minimum atomic E-state index is -1.25. The second kappa shape index (κ2) is 7.01. The van der Waals surface area contributed by atoms with E-state index in [0.29, 0.717) is 23.5 Å². The summed E-state index contributed by atoms with van der Waals surface area (Å²) >= 11 is 0. The summed E-state index contributed by atoms with van der Waals surface area (Å²) in [7, 11) is 1.07. The summed E-state index contributed by atoms with van der Waals surface area (Å²) in [6, 6.07) is 4.14. The van der Waals surface area contributed by atoms with E-state index in [4.69, 9.17) is 0 Å². The molecule has 132 valence electrons. The van der Waals surface area contributed by atoms with E-state index in [2.05, 4.69) is 35.7 Å². The number of H-pyrrole nitrogens is 1. The molecule has 0 bridgehead atoms. The van der Waals surface area contributed by atoms with Crippen molar-refractivity contribution in [1.29, 1.82) is 0 Å². The molecular formula is C15H10F2N6O3. The van der Waals surface area contributed by atoms with Crippen molar-refractivity contribution in [2.75, 3.05) is 12.4 Å². The number of ether oxygens (including phenoxy) is 1. The number of rotatable bonds is 4. The maximum atomic E-state index is 13.5. The molecule has 11 heteroatoms. The largest absolute Gasteiger partial charge is 0.465 e. The first-order chi connectivity index (χ1) is 12.5. The van der Waals surface area contributed by atoms with Crippen molar-refractivity contribution in [2.24, 2.45) is 0 Å². The first-order valence-corrected chi connectivity index (χ1v) is 7.08. The molecule has 3 rings (SSSR count).